The molecule has 0 bridgehead atoms. The number of unbranched alkanes of at least 4 members (excludes halogenated alkanes) is 1. The van der Waals surface area contributed by atoms with Crippen molar-refractivity contribution in [2.24, 2.45) is 33.8 Å². The number of carbonyl (C=O) groups is 4. The van der Waals surface area contributed by atoms with E-state index in [1.54, 1.807) is 13.8 Å². The Morgan fingerprint density at radius 2 is 1.52 bits per heavy atom. The second kappa shape index (κ2) is 15.8. The van der Waals surface area contributed by atoms with Gasteiger partial charge >= 0.3 is 5.97 Å². The fraction of sp³-hybridized carbons (Fsp3) is 0.750. The van der Waals surface area contributed by atoms with E-state index in [-0.39, 0.29) is 24.8 Å². The van der Waals surface area contributed by atoms with Gasteiger partial charge in [-0.25, -0.2) is 4.79 Å². The van der Waals surface area contributed by atoms with Gasteiger partial charge in [0, 0.05) is 6.54 Å². The van der Waals surface area contributed by atoms with E-state index in [0.717, 1.165) is 6.42 Å². The Morgan fingerprint density at radius 1 is 0.879 bits per heavy atom. The number of nitrogens with one attached hydrogen (secondary N) is 3. The molecule has 3 amide bonds. The lowest BCUT2D eigenvalue weighted by Gasteiger charge is -2.24. The molecule has 0 radical (unpaired) electrons. The lowest BCUT2D eigenvalue weighted by Crippen LogP contribution is -2.56. The summed E-state index contributed by atoms with van der Waals surface area (Å²) in [5.41, 5.74) is 21.9. The zero-order valence-corrected chi connectivity index (χ0v) is 19.7. The molecule has 12 N–H and O–H groups in total. The summed E-state index contributed by atoms with van der Waals surface area (Å²) < 4.78 is 0. The maximum atomic E-state index is 12.8. The first-order valence-electron chi connectivity index (χ1n) is 11.1. The van der Waals surface area contributed by atoms with E-state index in [4.69, 9.17) is 22.9 Å². The maximum absolute atomic E-state index is 12.8. The van der Waals surface area contributed by atoms with Crippen LogP contribution in [-0.4, -0.2) is 72.0 Å². The van der Waals surface area contributed by atoms with Gasteiger partial charge in [0.25, 0.3) is 0 Å². The summed E-state index contributed by atoms with van der Waals surface area (Å²) >= 11 is 0. The Hall–Kier alpha value is -2.93. The predicted octanol–water partition coefficient (Wildman–Crippen LogP) is -2.29. The lowest BCUT2D eigenvalue weighted by molar-refractivity contribution is -0.143. The number of hydrogen-bond acceptors (Lipinski definition) is 7. The van der Waals surface area contributed by atoms with Crippen LogP contribution in [0, 0.1) is 5.92 Å². The van der Waals surface area contributed by atoms with Crippen molar-refractivity contribution < 1.29 is 24.3 Å². The molecular formula is C20H40N8O5. The van der Waals surface area contributed by atoms with Crippen LogP contribution in [0.4, 0.5) is 0 Å². The molecule has 0 aliphatic carbocycles. The topological polar surface area (TPSA) is 241 Å². The standard InChI is InChI=1S/C20H40N8O5/c1-11(2)15(19(32)33)28-16(29)12(3)26-18(31)14(8-6-10-25-20(23)24)27-17(30)13(22)7-4-5-9-21/h11-15H,4-10,21-22H2,1-3H3,(H,26,31)(H,27,30)(H,28,29)(H,32,33)(H4,23,24,25). The smallest absolute Gasteiger partial charge is 0.326 e. The van der Waals surface area contributed by atoms with Crippen LogP contribution >= 0.6 is 0 Å². The first-order chi connectivity index (χ1) is 15.4. The van der Waals surface area contributed by atoms with Crippen LogP contribution < -0.4 is 38.9 Å². The van der Waals surface area contributed by atoms with Crippen LogP contribution in [0.15, 0.2) is 4.99 Å². The number of carboxylic acids is 1. The van der Waals surface area contributed by atoms with Crippen LogP contribution in [0.2, 0.25) is 0 Å². The van der Waals surface area contributed by atoms with Gasteiger partial charge in [0.2, 0.25) is 17.7 Å². The fourth-order valence-corrected chi connectivity index (χ4v) is 2.86. The van der Waals surface area contributed by atoms with Crippen LogP contribution in [0.25, 0.3) is 0 Å². The first kappa shape index (κ1) is 30.1. The van der Waals surface area contributed by atoms with Crippen molar-refractivity contribution in [2.45, 2.75) is 77.0 Å². The molecule has 0 aliphatic heterocycles. The van der Waals surface area contributed by atoms with Gasteiger partial charge in [-0.1, -0.05) is 20.3 Å². The van der Waals surface area contributed by atoms with Crippen molar-refractivity contribution in [3.8, 4) is 0 Å². The Kier molecular flexibility index (Phi) is 14.4. The van der Waals surface area contributed by atoms with Gasteiger partial charge in [0.15, 0.2) is 5.96 Å². The molecule has 0 heterocycles. The molecule has 0 saturated heterocycles. The van der Waals surface area contributed by atoms with Gasteiger partial charge in [-0.15, -0.1) is 0 Å². The van der Waals surface area contributed by atoms with Gasteiger partial charge < -0.3 is 44.0 Å². The molecule has 4 atom stereocenters. The zero-order valence-electron chi connectivity index (χ0n) is 19.7. The molecule has 13 heteroatoms. The number of guanidine groups is 1. The molecule has 0 aliphatic rings. The van der Waals surface area contributed by atoms with E-state index in [2.05, 4.69) is 20.9 Å². The summed E-state index contributed by atoms with van der Waals surface area (Å²) in [6.07, 6.45) is 2.39. The van der Waals surface area contributed by atoms with Crippen LogP contribution in [0.1, 0.15) is 52.9 Å². The monoisotopic (exact) mass is 472 g/mol. The Bertz CT molecular complexity index is 681. The Balaban J connectivity index is 5.14. The molecule has 4 unspecified atom stereocenters. The molecule has 0 aromatic rings. The summed E-state index contributed by atoms with van der Waals surface area (Å²) in [5.74, 6) is -3.39. The molecule has 0 aromatic heterocycles. The number of carbonyl (C=O) groups excluding carboxylic acids is 3. The molecule has 0 rings (SSSR count). The van der Waals surface area contributed by atoms with Gasteiger partial charge in [0.05, 0.1) is 6.04 Å². The second-order valence-corrected chi connectivity index (χ2v) is 8.20. The highest BCUT2D eigenvalue weighted by molar-refractivity contribution is 5.93. The largest absolute Gasteiger partial charge is 0.480 e. The van der Waals surface area contributed by atoms with Crippen molar-refractivity contribution in [2.75, 3.05) is 13.1 Å². The Labute approximate surface area is 194 Å². The molecular weight excluding hydrogens is 432 g/mol. The molecule has 0 aromatic carbocycles. The maximum Gasteiger partial charge on any atom is 0.326 e. The third kappa shape index (κ3) is 12.6. The fourth-order valence-electron chi connectivity index (χ4n) is 2.86. The minimum absolute atomic E-state index is 0.0922. The number of rotatable bonds is 16. The molecule has 13 nitrogen and oxygen atoms in total. The number of aliphatic imine (C=N–C) groups is 1. The highest BCUT2D eigenvalue weighted by Crippen LogP contribution is 2.05. The predicted molar refractivity (Wildman–Crippen MR) is 125 cm³/mol. The number of amides is 3. The van der Waals surface area contributed by atoms with Crippen molar-refractivity contribution in [3.63, 3.8) is 0 Å². The summed E-state index contributed by atoms with van der Waals surface area (Å²) in [7, 11) is 0. The van der Waals surface area contributed by atoms with Crippen molar-refractivity contribution in [1.82, 2.24) is 16.0 Å². The van der Waals surface area contributed by atoms with Crippen LogP contribution in [0.3, 0.4) is 0 Å². The van der Waals surface area contributed by atoms with Gasteiger partial charge in [-0.05, 0) is 45.1 Å². The third-order valence-electron chi connectivity index (χ3n) is 4.87. The van der Waals surface area contributed by atoms with E-state index in [1.807, 2.05) is 0 Å². The van der Waals surface area contributed by atoms with E-state index in [0.29, 0.717) is 25.8 Å². The van der Waals surface area contributed by atoms with E-state index in [9.17, 15) is 24.3 Å². The molecule has 33 heavy (non-hydrogen) atoms. The third-order valence-corrected chi connectivity index (χ3v) is 4.87. The zero-order chi connectivity index (χ0) is 25.6. The van der Waals surface area contributed by atoms with E-state index in [1.165, 1.54) is 6.92 Å². The molecule has 190 valence electrons. The normalized spacial score (nSPS) is 14.5. The molecule has 0 saturated carbocycles. The Morgan fingerprint density at radius 3 is 2.03 bits per heavy atom. The van der Waals surface area contributed by atoms with Gasteiger partial charge in [0.1, 0.15) is 18.1 Å². The highest BCUT2D eigenvalue weighted by atomic mass is 16.4. The average Bonchev–Trinajstić information content (AvgIpc) is 2.72. The molecule has 0 fully saturated rings. The quantitative estimate of drug-likeness (QED) is 0.0683. The number of carboxylic acid groups (broad SMARTS) is 1. The summed E-state index contributed by atoms with van der Waals surface area (Å²) in [4.78, 5) is 52.8. The SMILES string of the molecule is CC(NC(=O)C(CCCN=C(N)N)NC(=O)C(N)CCCCN)C(=O)NC(C(=O)O)C(C)C. The summed E-state index contributed by atoms with van der Waals surface area (Å²) in [5, 5.41) is 16.7. The number of hydrogen-bond donors (Lipinski definition) is 8. The van der Waals surface area contributed by atoms with Crippen LogP contribution in [0.5, 0.6) is 0 Å². The van der Waals surface area contributed by atoms with E-state index < -0.39 is 47.9 Å². The van der Waals surface area contributed by atoms with E-state index >= 15 is 0 Å². The minimum Gasteiger partial charge on any atom is -0.480 e. The van der Waals surface area contributed by atoms with Gasteiger partial charge in [-0.2, -0.15) is 0 Å². The summed E-state index contributed by atoms with van der Waals surface area (Å²) in [6.45, 7) is 5.46. The van der Waals surface area contributed by atoms with Crippen molar-refractivity contribution >= 4 is 29.7 Å². The van der Waals surface area contributed by atoms with Crippen molar-refractivity contribution in [1.29, 1.82) is 0 Å². The van der Waals surface area contributed by atoms with Crippen molar-refractivity contribution in [3.05, 3.63) is 0 Å². The summed E-state index contributed by atoms with van der Waals surface area (Å²) in [6, 6.07) is -3.93. The number of aliphatic carboxylic acids is 1. The number of nitrogens with zero attached hydrogens (tertiary/aromatic N) is 1. The average molecular weight is 473 g/mol. The first-order valence-corrected chi connectivity index (χ1v) is 11.1. The lowest BCUT2D eigenvalue weighted by atomic mass is 10.0. The molecule has 0 spiro atoms. The number of nitrogens with two attached hydrogens (primary N) is 4. The minimum atomic E-state index is -1.18. The van der Waals surface area contributed by atoms with Crippen LogP contribution in [-0.2, 0) is 19.2 Å². The highest BCUT2D eigenvalue weighted by Gasteiger charge is 2.29. The van der Waals surface area contributed by atoms with Gasteiger partial charge in [-0.3, -0.25) is 19.4 Å². The second-order valence-electron chi connectivity index (χ2n) is 8.20.